The van der Waals surface area contributed by atoms with Gasteiger partial charge in [0.05, 0.1) is 0 Å². The molecular weight excluding hydrogens is 400 g/mol. The molecule has 1 N–H and O–H groups in total. The maximum Gasteiger partial charge on any atom is 0.280 e. The molecule has 0 aliphatic carbocycles. The van der Waals surface area contributed by atoms with Gasteiger partial charge >= 0.3 is 0 Å². The third-order valence-corrected chi connectivity index (χ3v) is 4.82. The second kappa shape index (κ2) is 8.39. The van der Waals surface area contributed by atoms with Gasteiger partial charge in [-0.05, 0) is 88.5 Å². The molecule has 0 radical (unpaired) electrons. The summed E-state index contributed by atoms with van der Waals surface area (Å²) >= 11 is 1.08. The van der Waals surface area contributed by atoms with E-state index in [1.807, 2.05) is 52.8 Å². The molecule has 1 aromatic carbocycles. The topological polar surface area (TPSA) is 88.3 Å². The molecule has 0 aliphatic rings. The SMILES string of the molecule is Cc1cc(C)cc(N(C(=O)c2csnn2)C(C(=O)NC(C)(C)C)c2ccc(C)o2)c1. The van der Waals surface area contributed by atoms with E-state index in [1.165, 1.54) is 4.90 Å². The van der Waals surface area contributed by atoms with Gasteiger partial charge in [0.2, 0.25) is 0 Å². The van der Waals surface area contributed by atoms with Gasteiger partial charge in [-0.15, -0.1) is 5.10 Å². The van der Waals surface area contributed by atoms with Crippen LogP contribution in [0.15, 0.2) is 40.1 Å². The second-order valence-electron chi connectivity index (χ2n) is 8.40. The van der Waals surface area contributed by atoms with E-state index in [1.54, 1.807) is 24.4 Å². The molecule has 158 valence electrons. The number of aryl methyl sites for hydroxylation is 3. The first-order valence-corrected chi connectivity index (χ1v) is 10.5. The molecule has 30 heavy (non-hydrogen) atoms. The average Bonchev–Trinajstić information content (AvgIpc) is 3.28. The fourth-order valence-corrected chi connectivity index (χ4v) is 3.70. The Morgan fingerprint density at radius 1 is 1.10 bits per heavy atom. The van der Waals surface area contributed by atoms with Crippen molar-refractivity contribution in [2.45, 2.75) is 53.1 Å². The number of nitrogens with one attached hydrogen (secondary N) is 1. The Morgan fingerprint density at radius 2 is 1.77 bits per heavy atom. The second-order valence-corrected chi connectivity index (χ2v) is 9.01. The Morgan fingerprint density at radius 3 is 2.27 bits per heavy atom. The quantitative estimate of drug-likeness (QED) is 0.655. The molecule has 0 saturated carbocycles. The van der Waals surface area contributed by atoms with Crippen LogP contribution < -0.4 is 10.2 Å². The van der Waals surface area contributed by atoms with Crippen LogP contribution in [0.25, 0.3) is 0 Å². The zero-order chi connectivity index (χ0) is 22.1. The zero-order valence-electron chi connectivity index (χ0n) is 18.0. The van der Waals surface area contributed by atoms with Gasteiger partial charge in [0.25, 0.3) is 11.8 Å². The van der Waals surface area contributed by atoms with Gasteiger partial charge in [0, 0.05) is 16.6 Å². The minimum Gasteiger partial charge on any atom is -0.464 e. The fraction of sp³-hybridized carbons (Fsp3) is 0.364. The Labute approximate surface area is 180 Å². The van der Waals surface area contributed by atoms with Gasteiger partial charge < -0.3 is 9.73 Å². The molecule has 8 heteroatoms. The largest absolute Gasteiger partial charge is 0.464 e. The highest BCUT2D eigenvalue weighted by Crippen LogP contribution is 2.32. The van der Waals surface area contributed by atoms with E-state index in [2.05, 4.69) is 14.9 Å². The van der Waals surface area contributed by atoms with Gasteiger partial charge in [-0.1, -0.05) is 10.6 Å². The highest BCUT2D eigenvalue weighted by Gasteiger charge is 2.38. The van der Waals surface area contributed by atoms with E-state index in [4.69, 9.17) is 4.42 Å². The van der Waals surface area contributed by atoms with Gasteiger partial charge in [0.1, 0.15) is 11.5 Å². The van der Waals surface area contributed by atoms with Crippen LogP contribution in [0.4, 0.5) is 5.69 Å². The Kier molecular flexibility index (Phi) is 6.07. The maximum atomic E-state index is 13.5. The fourth-order valence-electron chi connectivity index (χ4n) is 3.27. The minimum absolute atomic E-state index is 0.177. The van der Waals surface area contributed by atoms with Crippen molar-refractivity contribution in [1.29, 1.82) is 0 Å². The van der Waals surface area contributed by atoms with Crippen molar-refractivity contribution in [2.75, 3.05) is 4.90 Å². The predicted octanol–water partition coefficient (Wildman–Crippen LogP) is 4.36. The lowest BCUT2D eigenvalue weighted by atomic mass is 10.0. The average molecular weight is 427 g/mol. The van der Waals surface area contributed by atoms with Gasteiger partial charge in [-0.2, -0.15) is 0 Å². The number of anilines is 1. The molecule has 3 aromatic rings. The summed E-state index contributed by atoms with van der Waals surface area (Å²) in [6.45, 7) is 11.4. The van der Waals surface area contributed by atoms with Gasteiger partial charge in [0.15, 0.2) is 11.7 Å². The summed E-state index contributed by atoms with van der Waals surface area (Å²) in [5.41, 5.74) is 2.23. The molecule has 2 amide bonds. The van der Waals surface area contributed by atoms with Crippen molar-refractivity contribution in [3.63, 3.8) is 0 Å². The smallest absolute Gasteiger partial charge is 0.280 e. The van der Waals surface area contributed by atoms with E-state index in [-0.39, 0.29) is 11.6 Å². The molecule has 3 rings (SSSR count). The predicted molar refractivity (Wildman–Crippen MR) is 117 cm³/mol. The van der Waals surface area contributed by atoms with Crippen LogP contribution in [-0.2, 0) is 4.79 Å². The summed E-state index contributed by atoms with van der Waals surface area (Å²) < 4.78 is 9.64. The summed E-state index contributed by atoms with van der Waals surface area (Å²) in [6, 6.07) is 8.26. The molecule has 1 unspecified atom stereocenters. The summed E-state index contributed by atoms with van der Waals surface area (Å²) in [5.74, 6) is 0.274. The molecule has 2 aromatic heterocycles. The van der Waals surface area contributed by atoms with E-state index >= 15 is 0 Å². The third-order valence-electron chi connectivity index (χ3n) is 4.32. The van der Waals surface area contributed by atoms with Crippen molar-refractivity contribution in [3.8, 4) is 0 Å². The van der Waals surface area contributed by atoms with Crippen molar-refractivity contribution >= 4 is 29.0 Å². The number of furan rings is 1. The first-order chi connectivity index (χ1) is 14.0. The highest BCUT2D eigenvalue weighted by atomic mass is 32.1. The highest BCUT2D eigenvalue weighted by molar-refractivity contribution is 7.03. The van der Waals surface area contributed by atoms with E-state index in [0.29, 0.717) is 17.2 Å². The summed E-state index contributed by atoms with van der Waals surface area (Å²) in [7, 11) is 0. The van der Waals surface area contributed by atoms with Crippen molar-refractivity contribution in [2.24, 2.45) is 0 Å². The summed E-state index contributed by atoms with van der Waals surface area (Å²) in [6.07, 6.45) is 0. The lowest BCUT2D eigenvalue weighted by Crippen LogP contribution is -2.49. The standard InChI is InChI=1S/C22H26N4O3S/c1-13-9-14(2)11-16(10-13)26(21(28)17-12-30-25-24-17)19(18-8-7-15(3)29-18)20(27)23-22(4,5)6/h7-12,19H,1-6H3,(H,23,27). The van der Waals surface area contributed by atoms with Crippen LogP contribution in [0, 0.1) is 20.8 Å². The maximum absolute atomic E-state index is 13.5. The van der Waals surface area contributed by atoms with Crippen LogP contribution in [-0.4, -0.2) is 26.9 Å². The number of nitrogens with zero attached hydrogens (tertiary/aromatic N) is 3. The Balaban J connectivity index is 2.19. The lowest BCUT2D eigenvalue weighted by Gasteiger charge is -2.32. The first kappa shape index (κ1) is 21.7. The van der Waals surface area contributed by atoms with Gasteiger partial charge in [-0.3, -0.25) is 14.5 Å². The van der Waals surface area contributed by atoms with Crippen LogP contribution in [0.3, 0.4) is 0 Å². The number of hydrogen-bond acceptors (Lipinski definition) is 6. The molecule has 0 spiro atoms. The molecule has 1 atom stereocenters. The molecule has 0 aliphatic heterocycles. The summed E-state index contributed by atoms with van der Waals surface area (Å²) in [5, 5.41) is 8.49. The number of carbonyl (C=O) groups excluding carboxylic acids is 2. The number of rotatable bonds is 5. The van der Waals surface area contributed by atoms with Crippen molar-refractivity contribution < 1.29 is 14.0 Å². The van der Waals surface area contributed by atoms with E-state index in [9.17, 15) is 9.59 Å². The van der Waals surface area contributed by atoms with Crippen molar-refractivity contribution in [3.05, 3.63) is 64.1 Å². The molecule has 0 bridgehead atoms. The summed E-state index contributed by atoms with van der Waals surface area (Å²) in [4.78, 5) is 28.4. The zero-order valence-corrected chi connectivity index (χ0v) is 18.8. The Bertz CT molecular complexity index is 1030. The molecule has 0 saturated heterocycles. The van der Waals surface area contributed by atoms with Crippen LogP contribution in [0.5, 0.6) is 0 Å². The van der Waals surface area contributed by atoms with Gasteiger partial charge in [-0.25, -0.2) is 0 Å². The molecule has 7 nitrogen and oxygen atoms in total. The molecule has 0 fully saturated rings. The van der Waals surface area contributed by atoms with Crippen LogP contribution >= 0.6 is 11.5 Å². The lowest BCUT2D eigenvalue weighted by molar-refractivity contribution is -0.124. The van der Waals surface area contributed by atoms with Crippen LogP contribution in [0.2, 0.25) is 0 Å². The van der Waals surface area contributed by atoms with E-state index in [0.717, 1.165) is 22.7 Å². The Hall–Kier alpha value is -3.00. The van der Waals surface area contributed by atoms with E-state index < -0.39 is 17.5 Å². The monoisotopic (exact) mass is 426 g/mol. The number of aromatic nitrogens is 2. The van der Waals surface area contributed by atoms with Crippen LogP contribution in [0.1, 0.15) is 59.9 Å². The number of amides is 2. The normalized spacial score (nSPS) is 12.5. The minimum atomic E-state index is -1.01. The number of benzene rings is 1. The molecule has 2 heterocycles. The number of hydrogen-bond donors (Lipinski definition) is 1. The molecular formula is C22H26N4O3S. The first-order valence-electron chi connectivity index (χ1n) is 9.62. The number of carbonyl (C=O) groups is 2. The van der Waals surface area contributed by atoms with Crippen molar-refractivity contribution in [1.82, 2.24) is 14.9 Å². The third kappa shape index (κ3) is 4.94.